The van der Waals surface area contributed by atoms with Gasteiger partial charge in [-0.25, -0.2) is 4.57 Å². The highest BCUT2D eigenvalue weighted by Gasteiger charge is 2.31. The van der Waals surface area contributed by atoms with Gasteiger partial charge in [0, 0.05) is 38.4 Å². The molecule has 0 saturated heterocycles. The van der Waals surface area contributed by atoms with E-state index in [1.807, 2.05) is 30.3 Å². The second kappa shape index (κ2) is 8.39. The number of hydrogen-bond donors (Lipinski definition) is 0. The molecule has 0 aliphatic carbocycles. The summed E-state index contributed by atoms with van der Waals surface area (Å²) in [6.45, 7) is 2.16. The predicted molar refractivity (Wildman–Crippen MR) is 176 cm³/mol. The van der Waals surface area contributed by atoms with Crippen molar-refractivity contribution in [1.29, 1.82) is 0 Å². The Morgan fingerprint density at radius 3 is 1.91 bits per heavy atom. The van der Waals surface area contributed by atoms with Crippen molar-refractivity contribution in [3.05, 3.63) is 121 Å². The normalized spacial score (nSPS) is 12.3. The number of fused-ring (bicyclic) bond motifs is 10. The van der Waals surface area contributed by atoms with Crippen LogP contribution in [-0.4, -0.2) is 4.57 Å². The smallest absolute Gasteiger partial charge is 0.298 e. The fourth-order valence-electron chi connectivity index (χ4n) is 7.14. The summed E-state index contributed by atoms with van der Waals surface area (Å²) in [5, 5.41) is 6.49. The standard InChI is InChI=1S/C39H25N2O3/c1-22-15-17-27-29-21-35-28(25-10-4-8-14-33(25)43-35)20-36(29)44-38(27)37(22)39-40(2)30-11-5-6-12-31(30)41(39)23-16-18-26-24-9-3-7-13-32(24)42-34(26)19-23/h3-21H,1-2H3/q+1. The van der Waals surface area contributed by atoms with Gasteiger partial charge in [0.25, 0.3) is 5.82 Å². The summed E-state index contributed by atoms with van der Waals surface area (Å²) in [6, 6.07) is 40.0. The van der Waals surface area contributed by atoms with Crippen molar-refractivity contribution in [3.63, 3.8) is 0 Å². The molecule has 5 nitrogen and oxygen atoms in total. The Kier molecular flexibility index (Phi) is 4.52. The molecule has 0 atom stereocenters. The zero-order chi connectivity index (χ0) is 29.1. The van der Waals surface area contributed by atoms with Gasteiger partial charge in [-0.1, -0.05) is 60.7 Å². The van der Waals surface area contributed by atoms with Crippen molar-refractivity contribution in [1.82, 2.24) is 4.57 Å². The maximum atomic E-state index is 6.81. The first-order valence-electron chi connectivity index (χ1n) is 14.8. The van der Waals surface area contributed by atoms with Gasteiger partial charge in [-0.2, -0.15) is 4.57 Å². The summed E-state index contributed by atoms with van der Waals surface area (Å²) in [6.07, 6.45) is 0. The number of rotatable bonds is 2. The topological polar surface area (TPSA) is 48.2 Å². The van der Waals surface area contributed by atoms with E-state index < -0.39 is 0 Å². The van der Waals surface area contributed by atoms with Crippen molar-refractivity contribution < 1.29 is 17.8 Å². The molecule has 4 aromatic heterocycles. The lowest BCUT2D eigenvalue weighted by molar-refractivity contribution is -0.633. The van der Waals surface area contributed by atoms with Gasteiger partial charge in [0.15, 0.2) is 16.6 Å². The molecule has 0 saturated carbocycles. The molecule has 0 N–H and O–H groups in total. The van der Waals surface area contributed by atoms with Crippen molar-refractivity contribution >= 4 is 76.8 Å². The third kappa shape index (κ3) is 3.05. The Bertz CT molecular complexity index is 2810. The van der Waals surface area contributed by atoms with E-state index in [2.05, 4.69) is 108 Å². The average Bonchev–Trinajstić information content (AvgIpc) is 3.78. The quantitative estimate of drug-likeness (QED) is 0.195. The highest BCUT2D eigenvalue weighted by atomic mass is 16.3. The molecule has 0 unspecified atom stereocenters. The van der Waals surface area contributed by atoms with Crippen molar-refractivity contribution in [2.24, 2.45) is 7.05 Å². The first kappa shape index (κ1) is 23.7. The Morgan fingerprint density at radius 1 is 0.523 bits per heavy atom. The number of benzene rings is 6. The average molecular weight is 570 g/mol. The fourth-order valence-corrected chi connectivity index (χ4v) is 7.14. The number of aryl methyl sites for hydroxylation is 2. The summed E-state index contributed by atoms with van der Waals surface area (Å²) in [7, 11) is 2.13. The minimum absolute atomic E-state index is 0.847. The molecule has 6 aromatic carbocycles. The molecule has 208 valence electrons. The van der Waals surface area contributed by atoms with Crippen LogP contribution in [0, 0.1) is 6.92 Å². The van der Waals surface area contributed by atoms with Crippen molar-refractivity contribution in [2.45, 2.75) is 6.92 Å². The van der Waals surface area contributed by atoms with Crippen LogP contribution in [0.15, 0.2) is 129 Å². The van der Waals surface area contributed by atoms with Crippen LogP contribution in [0.5, 0.6) is 0 Å². The largest absolute Gasteiger partial charge is 0.456 e. The van der Waals surface area contributed by atoms with Crippen molar-refractivity contribution in [3.8, 4) is 17.1 Å². The van der Waals surface area contributed by atoms with Crippen LogP contribution >= 0.6 is 0 Å². The van der Waals surface area contributed by atoms with Crippen LogP contribution in [0.4, 0.5) is 0 Å². The van der Waals surface area contributed by atoms with E-state index in [0.29, 0.717) is 0 Å². The molecular formula is C39H25N2O3+. The van der Waals surface area contributed by atoms with Gasteiger partial charge >= 0.3 is 0 Å². The predicted octanol–water partition coefficient (Wildman–Crippen LogP) is 10.1. The van der Waals surface area contributed by atoms with Crippen LogP contribution in [0.2, 0.25) is 0 Å². The maximum Gasteiger partial charge on any atom is 0.298 e. The zero-order valence-corrected chi connectivity index (χ0v) is 24.1. The summed E-state index contributed by atoms with van der Waals surface area (Å²) >= 11 is 0. The minimum Gasteiger partial charge on any atom is -0.456 e. The van der Waals surface area contributed by atoms with Crippen LogP contribution in [0.3, 0.4) is 0 Å². The van der Waals surface area contributed by atoms with Gasteiger partial charge in [-0.05, 0) is 61.0 Å². The van der Waals surface area contributed by atoms with Crippen LogP contribution in [0.1, 0.15) is 5.56 Å². The molecule has 5 heteroatoms. The monoisotopic (exact) mass is 569 g/mol. The number of aromatic nitrogens is 2. The van der Waals surface area contributed by atoms with E-state index in [4.69, 9.17) is 13.3 Å². The lowest BCUT2D eigenvalue weighted by Crippen LogP contribution is -2.30. The Morgan fingerprint density at radius 2 is 1.11 bits per heavy atom. The second-order valence-corrected chi connectivity index (χ2v) is 11.7. The van der Waals surface area contributed by atoms with Crippen LogP contribution in [0.25, 0.3) is 93.9 Å². The summed E-state index contributed by atoms with van der Waals surface area (Å²) in [5.74, 6) is 1.04. The summed E-state index contributed by atoms with van der Waals surface area (Å²) < 4.78 is 24.0. The zero-order valence-electron chi connectivity index (χ0n) is 24.1. The van der Waals surface area contributed by atoms with Gasteiger partial charge in [-0.15, -0.1) is 0 Å². The first-order chi connectivity index (χ1) is 21.6. The lowest BCUT2D eigenvalue weighted by Gasteiger charge is -2.07. The van der Waals surface area contributed by atoms with Gasteiger partial charge < -0.3 is 13.3 Å². The van der Waals surface area contributed by atoms with Crippen LogP contribution < -0.4 is 4.57 Å². The second-order valence-electron chi connectivity index (χ2n) is 11.7. The SMILES string of the molecule is Cc1ccc2c(oc3cc4c(cc32)oc2ccccc24)c1-c1n(-c2ccc3c(c2)oc2ccccc23)c2ccccc2[n+]1C. The molecule has 10 aromatic rings. The fraction of sp³-hybridized carbons (Fsp3) is 0.0513. The van der Waals surface area contributed by atoms with E-state index in [1.54, 1.807) is 0 Å². The highest BCUT2D eigenvalue weighted by molar-refractivity contribution is 6.16. The van der Waals surface area contributed by atoms with Gasteiger partial charge in [0.05, 0.1) is 7.05 Å². The third-order valence-corrected chi connectivity index (χ3v) is 9.20. The molecule has 44 heavy (non-hydrogen) atoms. The molecule has 0 radical (unpaired) electrons. The summed E-state index contributed by atoms with van der Waals surface area (Å²) in [4.78, 5) is 0. The van der Waals surface area contributed by atoms with Gasteiger partial charge in [0.1, 0.15) is 39.2 Å². The van der Waals surface area contributed by atoms with Crippen molar-refractivity contribution in [2.75, 3.05) is 0 Å². The number of para-hydroxylation sites is 4. The number of furan rings is 3. The van der Waals surface area contributed by atoms with E-state index in [1.165, 1.54) is 0 Å². The number of imidazole rings is 1. The number of nitrogens with zero attached hydrogens (tertiary/aromatic N) is 2. The van der Waals surface area contributed by atoms with E-state index in [0.717, 1.165) is 99.5 Å². The highest BCUT2D eigenvalue weighted by Crippen LogP contribution is 2.42. The molecular weight excluding hydrogens is 544 g/mol. The Labute approximate surface area is 250 Å². The summed E-state index contributed by atoms with van der Waals surface area (Å²) in [5.41, 5.74) is 10.7. The van der Waals surface area contributed by atoms with Crippen LogP contribution in [-0.2, 0) is 7.05 Å². The molecule has 0 aliphatic rings. The molecule has 4 heterocycles. The number of hydrogen-bond acceptors (Lipinski definition) is 3. The molecule has 0 spiro atoms. The third-order valence-electron chi connectivity index (χ3n) is 9.20. The van der Waals surface area contributed by atoms with Gasteiger partial charge in [0.2, 0.25) is 0 Å². The molecule has 10 rings (SSSR count). The van der Waals surface area contributed by atoms with E-state index >= 15 is 0 Å². The van der Waals surface area contributed by atoms with E-state index in [9.17, 15) is 0 Å². The molecule has 0 amide bonds. The Hall–Kier alpha value is -5.81. The maximum absolute atomic E-state index is 6.81. The first-order valence-corrected chi connectivity index (χ1v) is 14.8. The van der Waals surface area contributed by atoms with Gasteiger partial charge in [-0.3, -0.25) is 0 Å². The minimum atomic E-state index is 0.847. The van der Waals surface area contributed by atoms with E-state index in [-0.39, 0.29) is 0 Å². The molecule has 0 fully saturated rings. The Balaban J connectivity index is 1.29. The molecule has 0 aliphatic heterocycles. The molecule has 0 bridgehead atoms. The lowest BCUT2D eigenvalue weighted by atomic mass is 10.0.